The van der Waals surface area contributed by atoms with Gasteiger partial charge in [-0.2, -0.15) is 0 Å². The standard InChI is InChI=1S/C12H15Cl2NO/c1-9(15-12(16)6-7-13)8-10-2-4-11(14)5-3-10/h2-5,9H,6-8H2,1H3,(H,15,16). The largest absolute Gasteiger partial charge is 0.353 e. The molecule has 0 saturated carbocycles. The minimum Gasteiger partial charge on any atom is -0.353 e. The second-order valence-electron chi connectivity index (χ2n) is 3.74. The highest BCUT2D eigenvalue weighted by Gasteiger charge is 2.07. The van der Waals surface area contributed by atoms with E-state index in [9.17, 15) is 4.79 Å². The van der Waals surface area contributed by atoms with Crippen molar-refractivity contribution in [1.82, 2.24) is 5.32 Å². The summed E-state index contributed by atoms with van der Waals surface area (Å²) in [6.07, 6.45) is 1.16. The molecule has 1 aromatic carbocycles. The van der Waals surface area contributed by atoms with Gasteiger partial charge in [-0.3, -0.25) is 4.79 Å². The van der Waals surface area contributed by atoms with E-state index in [1.165, 1.54) is 0 Å². The average molecular weight is 260 g/mol. The molecule has 0 aliphatic rings. The molecule has 0 spiro atoms. The van der Waals surface area contributed by atoms with Gasteiger partial charge in [0, 0.05) is 23.4 Å². The van der Waals surface area contributed by atoms with Crippen LogP contribution < -0.4 is 5.32 Å². The smallest absolute Gasteiger partial charge is 0.221 e. The van der Waals surface area contributed by atoms with E-state index in [0.29, 0.717) is 12.3 Å². The molecule has 0 aromatic heterocycles. The summed E-state index contributed by atoms with van der Waals surface area (Å²) in [4.78, 5) is 11.3. The van der Waals surface area contributed by atoms with Crippen molar-refractivity contribution in [2.24, 2.45) is 0 Å². The zero-order chi connectivity index (χ0) is 12.0. The molecule has 0 aliphatic heterocycles. The molecule has 2 nitrogen and oxygen atoms in total. The number of hydrogen-bond donors (Lipinski definition) is 1. The molecule has 0 heterocycles. The van der Waals surface area contributed by atoms with Crippen molar-refractivity contribution in [3.8, 4) is 0 Å². The zero-order valence-corrected chi connectivity index (χ0v) is 10.7. The lowest BCUT2D eigenvalue weighted by atomic mass is 10.1. The Morgan fingerprint density at radius 3 is 2.56 bits per heavy atom. The SMILES string of the molecule is CC(Cc1ccc(Cl)cc1)NC(=O)CCCl. The van der Waals surface area contributed by atoms with Crippen molar-refractivity contribution in [2.75, 3.05) is 5.88 Å². The van der Waals surface area contributed by atoms with Crippen molar-refractivity contribution in [2.45, 2.75) is 25.8 Å². The van der Waals surface area contributed by atoms with Crippen LogP contribution in [0.2, 0.25) is 5.02 Å². The van der Waals surface area contributed by atoms with Gasteiger partial charge < -0.3 is 5.32 Å². The summed E-state index contributed by atoms with van der Waals surface area (Å²) in [5.74, 6) is 0.357. The van der Waals surface area contributed by atoms with Crippen molar-refractivity contribution in [1.29, 1.82) is 0 Å². The average Bonchev–Trinajstić information content (AvgIpc) is 2.21. The highest BCUT2D eigenvalue weighted by molar-refractivity contribution is 6.30. The Morgan fingerprint density at radius 2 is 2.00 bits per heavy atom. The fraction of sp³-hybridized carbons (Fsp3) is 0.417. The molecular weight excluding hydrogens is 245 g/mol. The summed E-state index contributed by atoms with van der Waals surface area (Å²) in [5.41, 5.74) is 1.16. The van der Waals surface area contributed by atoms with Crippen LogP contribution >= 0.6 is 23.2 Å². The topological polar surface area (TPSA) is 29.1 Å². The summed E-state index contributed by atoms with van der Waals surface area (Å²) >= 11 is 11.3. The van der Waals surface area contributed by atoms with Gasteiger partial charge in [0.2, 0.25) is 5.91 Å². The lowest BCUT2D eigenvalue weighted by molar-refractivity contribution is -0.121. The molecule has 16 heavy (non-hydrogen) atoms. The van der Waals surface area contributed by atoms with Crippen LogP contribution in [0.5, 0.6) is 0 Å². The van der Waals surface area contributed by atoms with Crippen LogP contribution in [0.1, 0.15) is 18.9 Å². The fourth-order valence-electron chi connectivity index (χ4n) is 1.46. The number of benzene rings is 1. The molecule has 0 aliphatic carbocycles. The summed E-state index contributed by atoms with van der Waals surface area (Å²) in [7, 11) is 0. The second kappa shape index (κ2) is 6.77. The normalized spacial score (nSPS) is 12.2. The van der Waals surface area contributed by atoms with Gasteiger partial charge in [-0.25, -0.2) is 0 Å². The number of nitrogens with one attached hydrogen (secondary N) is 1. The van der Waals surface area contributed by atoms with Crippen molar-refractivity contribution < 1.29 is 4.79 Å². The first-order valence-electron chi connectivity index (χ1n) is 5.21. The van der Waals surface area contributed by atoms with Crippen LogP contribution in [-0.4, -0.2) is 17.8 Å². The van der Waals surface area contributed by atoms with Gasteiger partial charge in [-0.05, 0) is 31.0 Å². The monoisotopic (exact) mass is 259 g/mol. The number of carbonyl (C=O) groups is 1. The number of rotatable bonds is 5. The summed E-state index contributed by atoms with van der Waals surface area (Å²) in [5, 5.41) is 3.61. The Labute approximate surface area is 106 Å². The summed E-state index contributed by atoms with van der Waals surface area (Å²) in [6, 6.07) is 7.74. The minimum atomic E-state index is -0.00327. The first-order chi connectivity index (χ1) is 7.61. The molecule has 1 atom stereocenters. The van der Waals surface area contributed by atoms with Gasteiger partial charge in [-0.1, -0.05) is 23.7 Å². The molecule has 88 valence electrons. The fourth-order valence-corrected chi connectivity index (χ4v) is 1.76. The molecule has 1 aromatic rings. The summed E-state index contributed by atoms with van der Waals surface area (Å²) in [6.45, 7) is 1.97. The molecule has 1 rings (SSSR count). The maximum absolute atomic E-state index is 11.3. The molecule has 1 N–H and O–H groups in total. The molecular formula is C12H15Cl2NO. The van der Waals surface area contributed by atoms with Crippen LogP contribution in [0.4, 0.5) is 0 Å². The van der Waals surface area contributed by atoms with Crippen LogP contribution in [-0.2, 0) is 11.2 Å². The van der Waals surface area contributed by atoms with Gasteiger partial charge in [0.25, 0.3) is 0 Å². The van der Waals surface area contributed by atoms with Crippen LogP contribution in [0.3, 0.4) is 0 Å². The Morgan fingerprint density at radius 1 is 1.38 bits per heavy atom. The van der Waals surface area contributed by atoms with Crippen molar-refractivity contribution in [3.63, 3.8) is 0 Å². The van der Waals surface area contributed by atoms with Gasteiger partial charge in [0.05, 0.1) is 0 Å². The third kappa shape index (κ3) is 4.86. The van der Waals surface area contributed by atoms with E-state index < -0.39 is 0 Å². The van der Waals surface area contributed by atoms with Gasteiger partial charge in [-0.15, -0.1) is 11.6 Å². The molecule has 4 heteroatoms. The van der Waals surface area contributed by atoms with Gasteiger partial charge in [0.1, 0.15) is 0 Å². The highest BCUT2D eigenvalue weighted by atomic mass is 35.5. The van der Waals surface area contributed by atoms with E-state index >= 15 is 0 Å². The molecule has 0 bridgehead atoms. The van der Waals surface area contributed by atoms with E-state index in [-0.39, 0.29) is 11.9 Å². The van der Waals surface area contributed by atoms with Gasteiger partial charge in [0.15, 0.2) is 0 Å². The molecule has 1 unspecified atom stereocenters. The Hall–Kier alpha value is -0.730. The molecule has 0 fully saturated rings. The first-order valence-corrected chi connectivity index (χ1v) is 6.13. The van der Waals surface area contributed by atoms with Crippen LogP contribution in [0, 0.1) is 0 Å². The third-order valence-electron chi connectivity index (χ3n) is 2.18. The molecule has 1 amide bonds. The third-order valence-corrected chi connectivity index (χ3v) is 2.63. The number of carbonyl (C=O) groups excluding carboxylic acids is 1. The number of hydrogen-bond acceptors (Lipinski definition) is 1. The van der Waals surface area contributed by atoms with Crippen LogP contribution in [0.15, 0.2) is 24.3 Å². The van der Waals surface area contributed by atoms with Crippen molar-refractivity contribution >= 4 is 29.1 Å². The van der Waals surface area contributed by atoms with E-state index in [2.05, 4.69) is 5.32 Å². The lowest BCUT2D eigenvalue weighted by Crippen LogP contribution is -2.34. The minimum absolute atomic E-state index is 0.00327. The first kappa shape index (κ1) is 13.3. The maximum atomic E-state index is 11.3. The van der Waals surface area contributed by atoms with E-state index in [0.717, 1.165) is 17.0 Å². The quantitative estimate of drug-likeness (QED) is 0.810. The van der Waals surface area contributed by atoms with E-state index in [1.54, 1.807) is 0 Å². The molecule has 0 saturated heterocycles. The second-order valence-corrected chi connectivity index (χ2v) is 4.55. The lowest BCUT2D eigenvalue weighted by Gasteiger charge is -2.13. The predicted octanol–water partition coefficient (Wildman–Crippen LogP) is 3.02. The van der Waals surface area contributed by atoms with Crippen molar-refractivity contribution in [3.05, 3.63) is 34.9 Å². The highest BCUT2D eigenvalue weighted by Crippen LogP contribution is 2.11. The zero-order valence-electron chi connectivity index (χ0n) is 9.17. The van der Waals surface area contributed by atoms with E-state index in [1.807, 2.05) is 31.2 Å². The Kier molecular flexibility index (Phi) is 5.64. The number of amides is 1. The van der Waals surface area contributed by atoms with Crippen LogP contribution in [0.25, 0.3) is 0 Å². The predicted molar refractivity (Wildman–Crippen MR) is 68.1 cm³/mol. The Bertz CT molecular complexity index is 337. The number of halogens is 2. The van der Waals surface area contributed by atoms with Gasteiger partial charge >= 0.3 is 0 Å². The van der Waals surface area contributed by atoms with E-state index in [4.69, 9.17) is 23.2 Å². The summed E-state index contributed by atoms with van der Waals surface area (Å²) < 4.78 is 0. The molecule has 0 radical (unpaired) electrons. The number of alkyl halides is 1. The maximum Gasteiger partial charge on any atom is 0.221 e. The Balaban J connectivity index is 2.42.